The zero-order valence-corrected chi connectivity index (χ0v) is 27.2. The van der Waals surface area contributed by atoms with Gasteiger partial charge >= 0.3 is 6.01 Å². The maximum Gasteiger partial charge on any atom is 0.319 e. The van der Waals surface area contributed by atoms with Crippen LogP contribution >= 0.6 is 11.6 Å². The van der Waals surface area contributed by atoms with E-state index in [4.69, 9.17) is 31.3 Å². The summed E-state index contributed by atoms with van der Waals surface area (Å²) in [6, 6.07) is 1.91. The average molecular weight is 667 g/mol. The number of hydrogen-bond acceptors (Lipinski definition) is 9. The van der Waals surface area contributed by atoms with E-state index in [0.29, 0.717) is 65.6 Å². The number of aromatic nitrogens is 5. The van der Waals surface area contributed by atoms with Crippen molar-refractivity contribution >= 4 is 39.2 Å². The van der Waals surface area contributed by atoms with Gasteiger partial charge < -0.3 is 14.7 Å². The number of rotatable bonds is 3. The van der Waals surface area contributed by atoms with E-state index in [-0.39, 0.29) is 29.4 Å². The average Bonchev–Trinajstić information content (AvgIpc) is 3.76. The van der Waals surface area contributed by atoms with Gasteiger partial charge in [-0.05, 0) is 88.4 Å². The van der Waals surface area contributed by atoms with Crippen molar-refractivity contribution in [3.05, 3.63) is 34.9 Å². The summed E-state index contributed by atoms with van der Waals surface area (Å²) in [4.78, 5) is 18.7. The van der Waals surface area contributed by atoms with Crippen molar-refractivity contribution in [2.45, 2.75) is 82.1 Å². The maximum absolute atomic E-state index is 17.1. The van der Waals surface area contributed by atoms with Gasteiger partial charge in [0.05, 0.1) is 22.6 Å². The Bertz CT molecular complexity index is 1790. The number of nitrogens with one attached hydrogen (secondary N) is 2. The van der Waals surface area contributed by atoms with E-state index >= 15 is 4.39 Å². The lowest BCUT2D eigenvalue weighted by atomic mass is 9.93. The number of fused-ring (bicyclic) bond motifs is 10. The molecule has 4 aromatic rings. The summed E-state index contributed by atoms with van der Waals surface area (Å²) >= 11 is 6.85. The molecular weight excluding hydrogens is 626 g/mol. The van der Waals surface area contributed by atoms with Gasteiger partial charge in [-0.15, -0.1) is 0 Å². The number of ether oxygens (including phenoxy) is 1. The number of aliphatic hydroxyl groups excluding tert-OH is 1. The Kier molecular flexibility index (Phi) is 8.39. The third kappa shape index (κ3) is 5.81. The molecular formula is C34H41ClF2N8O2. The predicted octanol–water partition coefficient (Wildman–Crippen LogP) is 5.56. The lowest BCUT2D eigenvalue weighted by Gasteiger charge is -2.35. The fraction of sp³-hybridized carbons (Fsp3) is 0.588. The molecule has 47 heavy (non-hydrogen) atoms. The molecule has 1 aromatic carbocycles. The molecule has 0 saturated carbocycles. The number of H-pyrrole nitrogens is 1. The molecule has 6 bridgehead atoms. The number of nitrogens with zero attached hydrogens (tertiary/aromatic N) is 6. The molecule has 13 heteroatoms. The molecule has 2 unspecified atom stereocenters. The Morgan fingerprint density at radius 3 is 2.89 bits per heavy atom. The Morgan fingerprint density at radius 1 is 1.06 bits per heavy atom. The van der Waals surface area contributed by atoms with Crippen LogP contribution in [0.5, 0.6) is 6.01 Å². The van der Waals surface area contributed by atoms with Crippen molar-refractivity contribution in [1.29, 1.82) is 0 Å². The van der Waals surface area contributed by atoms with Crippen LogP contribution in [0, 0.1) is 11.7 Å². The summed E-state index contributed by atoms with van der Waals surface area (Å²) in [6.07, 6.45) is 9.81. The fourth-order valence-electron chi connectivity index (χ4n) is 8.45. The van der Waals surface area contributed by atoms with Crippen LogP contribution in [0.1, 0.15) is 63.4 Å². The number of hydrogen-bond donors (Lipinski definition) is 3. The first kappa shape index (κ1) is 31.1. The van der Waals surface area contributed by atoms with E-state index in [0.717, 1.165) is 75.5 Å². The molecule has 3 fully saturated rings. The Morgan fingerprint density at radius 2 is 1.98 bits per heavy atom. The number of alkyl halides is 1. The molecule has 9 rings (SSSR count). The van der Waals surface area contributed by atoms with Gasteiger partial charge in [-0.2, -0.15) is 15.1 Å². The minimum absolute atomic E-state index is 0.0909. The summed E-state index contributed by atoms with van der Waals surface area (Å²) in [7, 11) is 0. The van der Waals surface area contributed by atoms with Gasteiger partial charge in [0.15, 0.2) is 5.82 Å². The number of halogens is 3. The number of benzene rings is 1. The first-order valence-electron chi connectivity index (χ1n) is 17.1. The minimum atomic E-state index is -0.883. The molecule has 4 atom stereocenters. The largest absolute Gasteiger partial charge is 0.461 e. The second-order valence-electron chi connectivity index (χ2n) is 13.9. The predicted molar refractivity (Wildman–Crippen MR) is 177 cm³/mol. The van der Waals surface area contributed by atoms with Gasteiger partial charge in [0, 0.05) is 48.2 Å². The van der Waals surface area contributed by atoms with Gasteiger partial charge in [-0.1, -0.05) is 11.6 Å². The zero-order chi connectivity index (χ0) is 32.1. The molecule has 0 spiro atoms. The van der Waals surface area contributed by atoms with E-state index in [9.17, 15) is 9.50 Å². The zero-order valence-electron chi connectivity index (χ0n) is 26.5. The topological polar surface area (TPSA) is 115 Å². The van der Waals surface area contributed by atoms with Crippen LogP contribution in [0.4, 0.5) is 14.6 Å². The third-order valence-corrected chi connectivity index (χ3v) is 11.2. The molecule has 250 valence electrons. The van der Waals surface area contributed by atoms with Gasteiger partial charge in [-0.3, -0.25) is 20.3 Å². The smallest absolute Gasteiger partial charge is 0.319 e. The standard InChI is InChI=1S/C34H41ClF2N8O2/c35-25-13-26-23(16-40-43-26)28-22(25)6-1-2-7-27(46)38-10-8-20-5-3-11-44(17-20)32-24-15-39-31(28)29(37)30(24)41-33(42-32)47-19-34-9-4-12-45(34)18-21(36)14-34/h13,15-16,20-21,27,38,46H,1-12,14,17-19H2,(H,40,43)/t20?,21-,27?,34+/m1/s1. The molecule has 0 aliphatic carbocycles. The molecule has 3 aromatic heterocycles. The van der Waals surface area contributed by atoms with Gasteiger partial charge in [0.2, 0.25) is 0 Å². The van der Waals surface area contributed by atoms with E-state index < -0.39 is 18.2 Å². The summed E-state index contributed by atoms with van der Waals surface area (Å²) < 4.78 is 38.0. The van der Waals surface area contributed by atoms with Crippen molar-refractivity contribution in [2.75, 3.05) is 44.2 Å². The lowest BCUT2D eigenvalue weighted by molar-refractivity contribution is 0.107. The van der Waals surface area contributed by atoms with Gasteiger partial charge in [-0.25, -0.2) is 8.78 Å². The SMILES string of the molecule is OC1CCCCc2c(Cl)cc3[nH]ncc3c2-c2ncc3c(nc(OC[C@@]45CCCN4C[C@H](F)C5)nc3c2F)N2CCCC(CCN1)C2. The fourth-order valence-corrected chi connectivity index (χ4v) is 8.75. The molecule has 5 aliphatic rings. The summed E-state index contributed by atoms with van der Waals surface area (Å²) in [6.45, 7) is 3.73. The number of anilines is 1. The van der Waals surface area contributed by atoms with Crippen molar-refractivity contribution in [3.8, 4) is 17.3 Å². The van der Waals surface area contributed by atoms with Gasteiger partial charge in [0.1, 0.15) is 36.0 Å². The van der Waals surface area contributed by atoms with E-state index in [1.807, 2.05) is 6.07 Å². The van der Waals surface area contributed by atoms with Crippen molar-refractivity contribution in [1.82, 2.24) is 35.4 Å². The highest BCUT2D eigenvalue weighted by Gasteiger charge is 2.49. The number of aliphatic hydroxyl groups is 1. The molecule has 0 amide bonds. The molecule has 3 saturated heterocycles. The molecule has 10 nitrogen and oxygen atoms in total. The van der Waals surface area contributed by atoms with Gasteiger partial charge in [0.25, 0.3) is 0 Å². The van der Waals surface area contributed by atoms with Crippen molar-refractivity contribution in [2.24, 2.45) is 5.92 Å². The van der Waals surface area contributed by atoms with Crippen molar-refractivity contribution < 1.29 is 18.6 Å². The highest BCUT2D eigenvalue weighted by Crippen LogP contribution is 2.42. The van der Waals surface area contributed by atoms with E-state index in [1.165, 1.54) is 0 Å². The molecule has 8 heterocycles. The van der Waals surface area contributed by atoms with Crippen LogP contribution in [0.2, 0.25) is 5.02 Å². The first-order chi connectivity index (χ1) is 22.9. The van der Waals surface area contributed by atoms with Crippen molar-refractivity contribution in [3.63, 3.8) is 0 Å². The second kappa shape index (κ2) is 12.7. The van der Waals surface area contributed by atoms with Crippen LogP contribution in [-0.2, 0) is 6.42 Å². The lowest BCUT2D eigenvalue weighted by Crippen LogP contribution is -2.43. The van der Waals surface area contributed by atoms with Crippen LogP contribution < -0.4 is 15.0 Å². The normalized spacial score (nSPS) is 27.3. The first-order valence-corrected chi connectivity index (χ1v) is 17.5. The van der Waals surface area contributed by atoms with Crippen LogP contribution in [0.15, 0.2) is 18.5 Å². The molecule has 5 aliphatic heterocycles. The Hall–Kier alpha value is -3.19. The Balaban J connectivity index is 1.26. The number of pyridine rings is 1. The molecule has 3 N–H and O–H groups in total. The quantitative estimate of drug-likeness (QED) is 0.259. The number of aromatic amines is 1. The maximum atomic E-state index is 17.1. The summed E-state index contributed by atoms with van der Waals surface area (Å²) in [5, 5.41) is 22.9. The van der Waals surface area contributed by atoms with E-state index in [1.54, 1.807) is 12.4 Å². The second-order valence-corrected chi connectivity index (χ2v) is 14.3. The van der Waals surface area contributed by atoms with E-state index in [2.05, 4.69) is 25.3 Å². The number of piperidine rings is 1. The minimum Gasteiger partial charge on any atom is -0.461 e. The highest BCUT2D eigenvalue weighted by atomic mass is 35.5. The summed E-state index contributed by atoms with van der Waals surface area (Å²) in [5.74, 6) is 0.405. The monoisotopic (exact) mass is 666 g/mol. The summed E-state index contributed by atoms with van der Waals surface area (Å²) in [5.41, 5.74) is 1.95. The highest BCUT2D eigenvalue weighted by molar-refractivity contribution is 6.33. The van der Waals surface area contributed by atoms with Crippen LogP contribution in [0.25, 0.3) is 33.1 Å². The molecule has 0 radical (unpaired) electrons. The van der Waals surface area contributed by atoms with Crippen LogP contribution in [-0.4, -0.2) is 92.4 Å². The van der Waals surface area contributed by atoms with Crippen LogP contribution in [0.3, 0.4) is 0 Å². The third-order valence-electron chi connectivity index (χ3n) is 10.8. The Labute approximate surface area is 277 Å².